The molecule has 8 heteroatoms. The molecule has 3 aliphatic rings. The van der Waals surface area contributed by atoms with E-state index in [0.29, 0.717) is 25.3 Å². The van der Waals surface area contributed by atoms with Crippen LogP contribution in [0.15, 0.2) is 42.5 Å². The Bertz CT molecular complexity index is 1150. The van der Waals surface area contributed by atoms with E-state index in [-0.39, 0.29) is 23.8 Å². The van der Waals surface area contributed by atoms with Gasteiger partial charge in [0.25, 0.3) is 0 Å². The third-order valence-corrected chi connectivity index (χ3v) is 8.73. The SMILES string of the molecule is CCN1c2cc(OC[C@H]3CCCO3)ccc2C(C#N)C1c1ccc(N2CCCS2(=O)=O)cc1. The van der Waals surface area contributed by atoms with Crippen LogP contribution < -0.4 is 13.9 Å². The Kier molecular flexibility index (Phi) is 5.94. The number of rotatable bonds is 6. The molecule has 174 valence electrons. The van der Waals surface area contributed by atoms with Gasteiger partial charge in [0.1, 0.15) is 12.4 Å². The van der Waals surface area contributed by atoms with Gasteiger partial charge in [-0.2, -0.15) is 5.26 Å². The van der Waals surface area contributed by atoms with Crippen molar-refractivity contribution < 1.29 is 17.9 Å². The highest BCUT2D eigenvalue weighted by atomic mass is 32.2. The van der Waals surface area contributed by atoms with E-state index in [4.69, 9.17) is 9.47 Å². The van der Waals surface area contributed by atoms with Crippen molar-refractivity contribution in [2.75, 3.05) is 41.3 Å². The highest BCUT2D eigenvalue weighted by molar-refractivity contribution is 7.93. The van der Waals surface area contributed by atoms with E-state index in [0.717, 1.165) is 48.6 Å². The molecule has 3 atom stereocenters. The summed E-state index contributed by atoms with van der Waals surface area (Å²) in [6.07, 6.45) is 2.91. The van der Waals surface area contributed by atoms with Gasteiger partial charge in [-0.1, -0.05) is 18.2 Å². The molecule has 2 fully saturated rings. The van der Waals surface area contributed by atoms with Gasteiger partial charge in [0.15, 0.2) is 0 Å². The molecule has 2 aromatic carbocycles. The number of nitriles is 1. The fraction of sp³-hybridized carbons (Fsp3) is 0.480. The van der Waals surface area contributed by atoms with Crippen molar-refractivity contribution in [3.8, 4) is 11.8 Å². The summed E-state index contributed by atoms with van der Waals surface area (Å²) in [7, 11) is -3.22. The van der Waals surface area contributed by atoms with Gasteiger partial charge in [0.05, 0.1) is 35.6 Å². The lowest BCUT2D eigenvalue weighted by molar-refractivity contribution is 0.0680. The summed E-state index contributed by atoms with van der Waals surface area (Å²) in [5.41, 5.74) is 3.71. The highest BCUT2D eigenvalue weighted by Gasteiger charge is 2.39. The topological polar surface area (TPSA) is 82.9 Å². The van der Waals surface area contributed by atoms with Crippen LogP contribution in [0, 0.1) is 11.3 Å². The van der Waals surface area contributed by atoms with Crippen LogP contribution in [0.4, 0.5) is 11.4 Å². The standard InChI is InChI=1S/C25H29N3O4S/c1-2-27-24-15-20(32-17-21-5-3-13-31-21)10-11-22(24)23(16-26)25(27)18-6-8-19(9-7-18)28-12-4-14-33(28,29)30/h6-11,15,21,23,25H,2-5,12-14,17H2,1H3/t21-,23?,25?/m1/s1. The van der Waals surface area contributed by atoms with E-state index in [1.807, 2.05) is 42.5 Å². The third kappa shape index (κ3) is 4.04. The van der Waals surface area contributed by atoms with Crippen molar-refractivity contribution in [3.63, 3.8) is 0 Å². The zero-order chi connectivity index (χ0) is 23.0. The summed E-state index contributed by atoms with van der Waals surface area (Å²) in [5.74, 6) is 0.674. The molecule has 3 aliphatic heterocycles. The van der Waals surface area contributed by atoms with Crippen LogP contribution in [0.25, 0.3) is 0 Å². The monoisotopic (exact) mass is 467 g/mol. The molecular weight excluding hydrogens is 438 g/mol. The molecule has 2 saturated heterocycles. The number of benzene rings is 2. The Labute approximate surface area is 195 Å². The lowest BCUT2D eigenvalue weighted by Gasteiger charge is -2.28. The van der Waals surface area contributed by atoms with Crippen molar-refractivity contribution in [1.82, 2.24) is 0 Å². The summed E-state index contributed by atoms with van der Waals surface area (Å²) >= 11 is 0. The zero-order valence-electron chi connectivity index (χ0n) is 18.8. The van der Waals surface area contributed by atoms with E-state index >= 15 is 0 Å². The average Bonchev–Trinajstić information content (AvgIpc) is 3.54. The van der Waals surface area contributed by atoms with Crippen molar-refractivity contribution in [3.05, 3.63) is 53.6 Å². The number of hydrogen-bond donors (Lipinski definition) is 0. The lowest BCUT2D eigenvalue weighted by Crippen LogP contribution is -2.27. The molecular formula is C25H29N3O4S. The van der Waals surface area contributed by atoms with E-state index in [2.05, 4.69) is 17.9 Å². The van der Waals surface area contributed by atoms with Crippen LogP contribution in [0.1, 0.15) is 49.3 Å². The van der Waals surface area contributed by atoms with Gasteiger partial charge in [-0.15, -0.1) is 0 Å². The van der Waals surface area contributed by atoms with Gasteiger partial charge in [0.2, 0.25) is 10.0 Å². The van der Waals surface area contributed by atoms with Crippen LogP contribution in [0.2, 0.25) is 0 Å². The number of likely N-dealkylation sites (N-methyl/N-ethyl adjacent to an activating group) is 1. The first-order chi connectivity index (χ1) is 16.0. The first kappa shape index (κ1) is 22.1. The molecule has 0 radical (unpaired) electrons. The fourth-order valence-electron chi connectivity index (χ4n) is 5.24. The predicted molar refractivity (Wildman–Crippen MR) is 127 cm³/mol. The second-order valence-corrected chi connectivity index (χ2v) is 10.9. The molecule has 2 unspecified atom stereocenters. The Morgan fingerprint density at radius 2 is 2.00 bits per heavy atom. The minimum Gasteiger partial charge on any atom is -0.491 e. The molecule has 3 heterocycles. The maximum atomic E-state index is 12.3. The zero-order valence-corrected chi connectivity index (χ0v) is 19.6. The second-order valence-electron chi connectivity index (χ2n) is 8.84. The third-order valence-electron chi connectivity index (χ3n) is 6.86. The number of ether oxygens (including phenoxy) is 2. The van der Waals surface area contributed by atoms with Crippen LogP contribution in [0.3, 0.4) is 0 Å². The van der Waals surface area contributed by atoms with E-state index < -0.39 is 10.0 Å². The summed E-state index contributed by atoms with van der Waals surface area (Å²) < 4.78 is 37.7. The molecule has 33 heavy (non-hydrogen) atoms. The van der Waals surface area contributed by atoms with E-state index in [9.17, 15) is 13.7 Å². The molecule has 0 amide bonds. The maximum Gasteiger partial charge on any atom is 0.235 e. The van der Waals surface area contributed by atoms with Crippen LogP contribution >= 0.6 is 0 Å². The van der Waals surface area contributed by atoms with Gasteiger partial charge in [0, 0.05) is 31.5 Å². The van der Waals surface area contributed by atoms with E-state index in [1.165, 1.54) is 4.31 Å². The van der Waals surface area contributed by atoms with Crippen LogP contribution in [0.5, 0.6) is 5.75 Å². The molecule has 7 nitrogen and oxygen atoms in total. The Balaban J connectivity index is 1.40. The van der Waals surface area contributed by atoms with Crippen molar-refractivity contribution in [2.45, 2.75) is 44.2 Å². The predicted octanol–water partition coefficient (Wildman–Crippen LogP) is 3.97. The smallest absolute Gasteiger partial charge is 0.235 e. The highest BCUT2D eigenvalue weighted by Crippen LogP contribution is 2.49. The molecule has 0 saturated carbocycles. The second kappa shape index (κ2) is 8.88. The minimum atomic E-state index is -3.22. The fourth-order valence-corrected chi connectivity index (χ4v) is 6.80. The average molecular weight is 468 g/mol. The molecule has 2 aromatic rings. The van der Waals surface area contributed by atoms with Crippen LogP contribution in [-0.4, -0.2) is 46.6 Å². The molecule has 5 rings (SSSR count). The minimum absolute atomic E-state index is 0.132. The number of nitrogens with zero attached hydrogens (tertiary/aromatic N) is 3. The number of hydrogen-bond acceptors (Lipinski definition) is 6. The van der Waals surface area contributed by atoms with Crippen molar-refractivity contribution in [2.24, 2.45) is 0 Å². The summed E-state index contributed by atoms with van der Waals surface area (Å²) in [6, 6.07) is 16.0. The van der Waals surface area contributed by atoms with Gasteiger partial charge in [-0.05, 0) is 55.5 Å². The normalized spacial score (nSPS) is 25.8. The summed E-state index contributed by atoms with van der Waals surface area (Å²) in [6.45, 7) is 4.69. The van der Waals surface area contributed by atoms with Crippen LogP contribution in [-0.2, 0) is 14.8 Å². The quantitative estimate of drug-likeness (QED) is 0.639. The van der Waals surface area contributed by atoms with Crippen molar-refractivity contribution in [1.29, 1.82) is 5.26 Å². The van der Waals surface area contributed by atoms with Crippen molar-refractivity contribution >= 4 is 21.4 Å². The number of fused-ring (bicyclic) bond motifs is 1. The molecule has 0 aliphatic carbocycles. The van der Waals surface area contributed by atoms with Gasteiger partial charge in [-0.25, -0.2) is 8.42 Å². The number of sulfonamides is 1. The van der Waals surface area contributed by atoms with Gasteiger partial charge in [-0.3, -0.25) is 4.31 Å². The summed E-state index contributed by atoms with van der Waals surface area (Å²) in [4.78, 5) is 2.24. The van der Waals surface area contributed by atoms with Gasteiger partial charge < -0.3 is 14.4 Å². The molecule has 0 spiro atoms. The van der Waals surface area contributed by atoms with Gasteiger partial charge >= 0.3 is 0 Å². The molecule has 0 bridgehead atoms. The van der Waals surface area contributed by atoms with E-state index in [1.54, 1.807) is 0 Å². The first-order valence-electron chi connectivity index (χ1n) is 11.7. The Morgan fingerprint density at radius 1 is 1.18 bits per heavy atom. The largest absolute Gasteiger partial charge is 0.491 e. The Morgan fingerprint density at radius 3 is 2.64 bits per heavy atom. The first-order valence-corrected chi connectivity index (χ1v) is 13.3. The summed E-state index contributed by atoms with van der Waals surface area (Å²) in [5, 5.41) is 10.1. The number of anilines is 2. The maximum absolute atomic E-state index is 12.3. The Hall–Kier alpha value is -2.76. The molecule has 0 aromatic heterocycles. The lowest BCUT2D eigenvalue weighted by atomic mass is 9.91. The molecule has 0 N–H and O–H groups in total.